The minimum Gasteiger partial charge on any atom is -0.497 e. The summed E-state index contributed by atoms with van der Waals surface area (Å²) in [6.45, 7) is 0.651. The van der Waals surface area contributed by atoms with Crippen molar-refractivity contribution < 1.29 is 19.4 Å². The summed E-state index contributed by atoms with van der Waals surface area (Å²) in [4.78, 5) is 25.6. The zero-order chi connectivity index (χ0) is 20.8. The highest BCUT2D eigenvalue weighted by Crippen LogP contribution is 2.41. The van der Waals surface area contributed by atoms with Crippen LogP contribution in [0.25, 0.3) is 32.9 Å². The summed E-state index contributed by atoms with van der Waals surface area (Å²) in [7, 11) is 1.60. The van der Waals surface area contributed by atoms with Gasteiger partial charge in [-0.2, -0.15) is 0 Å². The van der Waals surface area contributed by atoms with E-state index >= 15 is 0 Å². The van der Waals surface area contributed by atoms with Crippen LogP contribution in [0, 0.1) is 0 Å². The van der Waals surface area contributed by atoms with Crippen molar-refractivity contribution in [1.29, 1.82) is 0 Å². The maximum atomic E-state index is 12.9. The molecule has 3 aromatic carbocycles. The van der Waals surface area contributed by atoms with Crippen LogP contribution in [0.5, 0.6) is 5.75 Å². The number of carbonyl (C=O) groups excluding carboxylic acids is 2. The van der Waals surface area contributed by atoms with Gasteiger partial charge in [0.15, 0.2) is 0 Å². The van der Waals surface area contributed by atoms with Gasteiger partial charge in [0.1, 0.15) is 5.75 Å². The number of ether oxygens (including phenoxy) is 1. The van der Waals surface area contributed by atoms with Crippen molar-refractivity contribution in [3.8, 4) is 16.9 Å². The summed E-state index contributed by atoms with van der Waals surface area (Å²) in [5, 5.41) is 13.5. The van der Waals surface area contributed by atoms with Gasteiger partial charge in [-0.25, -0.2) is 0 Å². The first-order valence-corrected chi connectivity index (χ1v) is 9.83. The van der Waals surface area contributed by atoms with Gasteiger partial charge in [-0.1, -0.05) is 30.3 Å². The molecule has 0 spiro atoms. The standard InChI is InChI=1S/C24H20N2O4/c1-30-15-8-9-18-17(12-15)20-19(26(18)10-5-11-27)13-16(14-6-3-2-4-7-14)21-22(20)24(29)25-23(21)28/h2-4,6-9,12-13,27H,5,10-11H2,1H3,(H,25,28,29). The van der Waals surface area contributed by atoms with E-state index in [-0.39, 0.29) is 18.4 Å². The molecule has 5 rings (SSSR count). The third-order valence-corrected chi connectivity index (χ3v) is 5.67. The largest absolute Gasteiger partial charge is 0.497 e. The predicted molar refractivity (Wildman–Crippen MR) is 115 cm³/mol. The van der Waals surface area contributed by atoms with Crippen LogP contribution in [0.15, 0.2) is 54.6 Å². The Morgan fingerprint density at radius 1 is 0.967 bits per heavy atom. The lowest BCUT2D eigenvalue weighted by Gasteiger charge is -2.11. The number of nitrogens with zero attached hydrogens (tertiary/aromatic N) is 1. The predicted octanol–water partition coefficient (Wildman–Crippen LogP) is 3.74. The van der Waals surface area contributed by atoms with E-state index in [4.69, 9.17) is 4.74 Å². The number of aryl methyl sites for hydroxylation is 1. The van der Waals surface area contributed by atoms with Crippen LogP contribution in [0.1, 0.15) is 27.1 Å². The highest BCUT2D eigenvalue weighted by Gasteiger charge is 2.34. The Labute approximate surface area is 172 Å². The number of aliphatic hydroxyl groups excluding tert-OH is 1. The maximum absolute atomic E-state index is 12.9. The van der Waals surface area contributed by atoms with Gasteiger partial charge >= 0.3 is 0 Å². The van der Waals surface area contributed by atoms with Crippen molar-refractivity contribution in [1.82, 2.24) is 9.88 Å². The fourth-order valence-electron chi connectivity index (χ4n) is 4.37. The normalized spacial score (nSPS) is 13.1. The summed E-state index contributed by atoms with van der Waals surface area (Å²) < 4.78 is 7.51. The molecule has 0 aliphatic carbocycles. The van der Waals surface area contributed by atoms with Crippen LogP contribution >= 0.6 is 0 Å². The molecule has 2 N–H and O–H groups in total. The van der Waals surface area contributed by atoms with Gasteiger partial charge in [-0.15, -0.1) is 0 Å². The van der Waals surface area contributed by atoms with E-state index in [1.807, 2.05) is 54.6 Å². The Kier molecular flexibility index (Phi) is 4.29. The summed E-state index contributed by atoms with van der Waals surface area (Å²) >= 11 is 0. The molecule has 0 bridgehead atoms. The minimum absolute atomic E-state index is 0.0623. The number of methoxy groups -OCH3 is 1. The first kappa shape index (κ1) is 18.4. The summed E-state index contributed by atoms with van der Waals surface area (Å²) in [6.07, 6.45) is 0.577. The zero-order valence-electron chi connectivity index (χ0n) is 16.4. The molecule has 30 heavy (non-hydrogen) atoms. The Bertz CT molecular complexity index is 1320. The number of aromatic nitrogens is 1. The number of hydrogen-bond donors (Lipinski definition) is 2. The Morgan fingerprint density at radius 2 is 1.73 bits per heavy atom. The average molecular weight is 400 g/mol. The van der Waals surface area contributed by atoms with Crippen LogP contribution in [-0.4, -0.2) is 35.2 Å². The number of aliphatic hydroxyl groups is 1. The molecule has 0 saturated carbocycles. The number of carbonyl (C=O) groups is 2. The molecule has 1 aromatic heterocycles. The van der Waals surface area contributed by atoms with Gasteiger partial charge in [-0.3, -0.25) is 14.9 Å². The molecular formula is C24H20N2O4. The van der Waals surface area contributed by atoms with E-state index in [0.29, 0.717) is 29.8 Å². The SMILES string of the molecule is COc1ccc2c(c1)c1c3c(c(-c4ccccc4)cc1n2CCCO)C(=O)NC3=O. The lowest BCUT2D eigenvalue weighted by Crippen LogP contribution is -2.20. The lowest BCUT2D eigenvalue weighted by atomic mass is 9.93. The van der Waals surface area contributed by atoms with Crippen molar-refractivity contribution in [2.75, 3.05) is 13.7 Å². The van der Waals surface area contributed by atoms with Crippen LogP contribution in [0.3, 0.4) is 0 Å². The fourth-order valence-corrected chi connectivity index (χ4v) is 4.37. The third-order valence-electron chi connectivity index (χ3n) is 5.67. The van der Waals surface area contributed by atoms with E-state index in [9.17, 15) is 14.7 Å². The maximum Gasteiger partial charge on any atom is 0.259 e. The minimum atomic E-state index is -0.387. The Hall–Kier alpha value is -3.64. The van der Waals surface area contributed by atoms with Crippen molar-refractivity contribution in [3.05, 3.63) is 65.7 Å². The first-order valence-electron chi connectivity index (χ1n) is 9.83. The molecule has 2 amide bonds. The van der Waals surface area contributed by atoms with E-state index in [2.05, 4.69) is 9.88 Å². The number of benzene rings is 3. The third kappa shape index (κ3) is 2.61. The van der Waals surface area contributed by atoms with Crippen LogP contribution in [0.2, 0.25) is 0 Å². The highest BCUT2D eigenvalue weighted by molar-refractivity contribution is 6.32. The van der Waals surface area contributed by atoms with Crippen LogP contribution < -0.4 is 10.1 Å². The van der Waals surface area contributed by atoms with Gasteiger partial charge in [-0.05, 0) is 41.8 Å². The molecule has 150 valence electrons. The van der Waals surface area contributed by atoms with E-state index in [1.54, 1.807) is 7.11 Å². The van der Waals surface area contributed by atoms with Crippen molar-refractivity contribution in [3.63, 3.8) is 0 Å². The number of nitrogens with one attached hydrogen (secondary N) is 1. The Balaban J connectivity index is 1.96. The van der Waals surface area contributed by atoms with E-state index in [0.717, 1.165) is 32.9 Å². The molecule has 0 radical (unpaired) electrons. The number of rotatable bonds is 5. The van der Waals surface area contributed by atoms with Crippen molar-refractivity contribution >= 4 is 33.6 Å². The summed E-state index contributed by atoms with van der Waals surface area (Å²) in [5.74, 6) is -0.0916. The van der Waals surface area contributed by atoms with Gasteiger partial charge in [0, 0.05) is 29.4 Å². The molecule has 6 nitrogen and oxygen atoms in total. The second-order valence-corrected chi connectivity index (χ2v) is 7.33. The smallest absolute Gasteiger partial charge is 0.259 e. The molecule has 2 heterocycles. The van der Waals surface area contributed by atoms with Crippen LogP contribution in [-0.2, 0) is 6.54 Å². The van der Waals surface area contributed by atoms with Gasteiger partial charge in [0.05, 0.1) is 23.8 Å². The van der Waals surface area contributed by atoms with Gasteiger partial charge in [0.25, 0.3) is 11.8 Å². The highest BCUT2D eigenvalue weighted by atomic mass is 16.5. The fraction of sp³-hybridized carbons (Fsp3) is 0.167. The monoisotopic (exact) mass is 400 g/mol. The molecule has 6 heteroatoms. The quantitative estimate of drug-likeness (QED) is 0.500. The molecule has 1 aliphatic heterocycles. The zero-order valence-corrected chi connectivity index (χ0v) is 16.4. The average Bonchev–Trinajstić information content (AvgIpc) is 3.25. The van der Waals surface area contributed by atoms with Gasteiger partial charge in [0.2, 0.25) is 0 Å². The Morgan fingerprint density at radius 3 is 2.47 bits per heavy atom. The summed E-state index contributed by atoms with van der Waals surface area (Å²) in [5.41, 5.74) is 4.19. The molecular weight excluding hydrogens is 380 g/mol. The number of amides is 2. The second-order valence-electron chi connectivity index (χ2n) is 7.33. The molecule has 0 unspecified atom stereocenters. The number of imide groups is 1. The lowest BCUT2D eigenvalue weighted by molar-refractivity contribution is 0.0880. The topological polar surface area (TPSA) is 80.6 Å². The number of hydrogen-bond acceptors (Lipinski definition) is 4. The molecule has 1 aliphatic rings. The molecule has 0 atom stereocenters. The first-order chi connectivity index (χ1) is 14.6. The second kappa shape index (κ2) is 7.00. The summed E-state index contributed by atoms with van der Waals surface area (Å²) in [6, 6.07) is 17.3. The number of fused-ring (bicyclic) bond motifs is 5. The van der Waals surface area contributed by atoms with Crippen LogP contribution in [0.4, 0.5) is 0 Å². The molecule has 0 saturated heterocycles. The molecule has 4 aromatic rings. The van der Waals surface area contributed by atoms with E-state index in [1.165, 1.54) is 0 Å². The van der Waals surface area contributed by atoms with Crippen molar-refractivity contribution in [2.45, 2.75) is 13.0 Å². The van der Waals surface area contributed by atoms with Gasteiger partial charge < -0.3 is 14.4 Å². The van der Waals surface area contributed by atoms with E-state index < -0.39 is 0 Å². The molecule has 0 fully saturated rings. The van der Waals surface area contributed by atoms with Crippen molar-refractivity contribution in [2.24, 2.45) is 0 Å².